The van der Waals surface area contributed by atoms with E-state index < -0.39 is 27.8 Å². The van der Waals surface area contributed by atoms with E-state index in [1.807, 2.05) is 0 Å². The molecule has 1 heterocycles. The van der Waals surface area contributed by atoms with E-state index in [9.17, 15) is 26.4 Å². The summed E-state index contributed by atoms with van der Waals surface area (Å²) in [6, 6.07) is 2.88. The molecule has 1 aromatic carbocycles. The Morgan fingerprint density at radius 2 is 1.81 bits per heavy atom. The van der Waals surface area contributed by atoms with Gasteiger partial charge < -0.3 is 0 Å². The van der Waals surface area contributed by atoms with Crippen LogP contribution >= 0.6 is 0 Å². The molecule has 1 saturated heterocycles. The summed E-state index contributed by atoms with van der Waals surface area (Å²) in [7, 11) is -3.95. The Kier molecular flexibility index (Phi) is 4.12. The van der Waals surface area contributed by atoms with Crippen molar-refractivity contribution in [3.8, 4) is 0 Å². The van der Waals surface area contributed by atoms with Crippen molar-refractivity contribution in [1.82, 2.24) is 4.31 Å². The topological polar surface area (TPSA) is 54.5 Å². The van der Waals surface area contributed by atoms with Crippen LogP contribution in [0, 0.1) is 0 Å². The fourth-order valence-electron chi connectivity index (χ4n) is 2.31. The Hall–Kier alpha value is -1.41. The molecule has 2 rings (SSSR count). The molecule has 116 valence electrons. The van der Waals surface area contributed by atoms with Gasteiger partial charge in [-0.1, -0.05) is 6.92 Å². The van der Waals surface area contributed by atoms with E-state index in [1.165, 1.54) is 0 Å². The first-order chi connectivity index (χ1) is 9.66. The quantitative estimate of drug-likeness (QED) is 0.859. The van der Waals surface area contributed by atoms with Crippen LogP contribution in [0.2, 0.25) is 0 Å². The molecule has 0 N–H and O–H groups in total. The molecule has 0 unspecified atom stereocenters. The van der Waals surface area contributed by atoms with E-state index >= 15 is 0 Å². The van der Waals surface area contributed by atoms with E-state index in [-0.39, 0.29) is 23.6 Å². The lowest BCUT2D eigenvalue weighted by molar-refractivity contribution is -0.137. The van der Waals surface area contributed by atoms with Crippen LogP contribution in [-0.2, 0) is 21.0 Å². The summed E-state index contributed by atoms with van der Waals surface area (Å²) in [6.45, 7) is 1.54. The van der Waals surface area contributed by atoms with Crippen LogP contribution in [-0.4, -0.2) is 31.1 Å². The van der Waals surface area contributed by atoms with Crippen molar-refractivity contribution in [1.29, 1.82) is 0 Å². The van der Waals surface area contributed by atoms with Crippen molar-refractivity contribution in [3.63, 3.8) is 0 Å². The van der Waals surface area contributed by atoms with Gasteiger partial charge in [-0.15, -0.1) is 0 Å². The van der Waals surface area contributed by atoms with Gasteiger partial charge in [-0.3, -0.25) is 4.79 Å². The highest BCUT2D eigenvalue weighted by molar-refractivity contribution is 7.89. The lowest BCUT2D eigenvalue weighted by atomic mass is 10.2. The number of benzene rings is 1. The van der Waals surface area contributed by atoms with Crippen molar-refractivity contribution in [2.24, 2.45) is 0 Å². The monoisotopic (exact) mass is 321 g/mol. The summed E-state index contributed by atoms with van der Waals surface area (Å²) in [5, 5.41) is 0. The predicted octanol–water partition coefficient (Wildman–Crippen LogP) is 2.45. The Labute approximate surface area is 120 Å². The molecular formula is C13H14F3NO3S. The van der Waals surface area contributed by atoms with Gasteiger partial charge in [0.25, 0.3) is 0 Å². The standard InChI is InChI=1S/C13H14F3NO3S/c1-2-10-7-11(18)8-17(10)21(19,20)12-5-3-9(4-6-12)13(14,15)16/h3-6,10H,2,7-8H2,1H3/t10-/m1/s1. The van der Waals surface area contributed by atoms with Gasteiger partial charge >= 0.3 is 6.18 Å². The van der Waals surface area contributed by atoms with Gasteiger partial charge in [0, 0.05) is 12.5 Å². The number of sulfonamides is 1. The number of hydrogen-bond donors (Lipinski definition) is 0. The van der Waals surface area contributed by atoms with Crippen molar-refractivity contribution in [2.45, 2.75) is 36.9 Å². The third kappa shape index (κ3) is 3.11. The zero-order valence-electron chi connectivity index (χ0n) is 11.2. The predicted molar refractivity (Wildman–Crippen MR) is 69.0 cm³/mol. The molecule has 1 atom stereocenters. The van der Waals surface area contributed by atoms with E-state index in [0.717, 1.165) is 28.6 Å². The van der Waals surface area contributed by atoms with E-state index in [1.54, 1.807) is 6.92 Å². The molecule has 1 aromatic rings. The number of alkyl halides is 3. The van der Waals surface area contributed by atoms with E-state index in [2.05, 4.69) is 0 Å². The first-order valence-corrected chi connectivity index (χ1v) is 7.81. The second-order valence-corrected chi connectivity index (χ2v) is 6.77. The average Bonchev–Trinajstić information content (AvgIpc) is 2.80. The van der Waals surface area contributed by atoms with Gasteiger partial charge in [0.05, 0.1) is 17.0 Å². The minimum atomic E-state index is -4.52. The molecule has 0 aromatic heterocycles. The summed E-state index contributed by atoms with van der Waals surface area (Å²) in [5.74, 6) is -0.183. The maximum absolute atomic E-state index is 12.5. The molecule has 0 radical (unpaired) electrons. The molecule has 1 fully saturated rings. The summed E-state index contributed by atoms with van der Waals surface area (Å²) in [5.41, 5.74) is -0.911. The minimum Gasteiger partial charge on any atom is -0.298 e. The highest BCUT2D eigenvalue weighted by Crippen LogP contribution is 2.31. The summed E-state index contributed by atoms with van der Waals surface area (Å²) < 4.78 is 63.3. The van der Waals surface area contributed by atoms with E-state index in [0.29, 0.717) is 6.42 Å². The average molecular weight is 321 g/mol. The third-order valence-corrected chi connectivity index (χ3v) is 5.37. The number of hydrogen-bond acceptors (Lipinski definition) is 3. The van der Waals surface area contributed by atoms with Gasteiger partial charge in [0.2, 0.25) is 10.0 Å². The molecule has 1 aliphatic heterocycles. The highest BCUT2D eigenvalue weighted by atomic mass is 32.2. The Morgan fingerprint density at radius 3 is 2.29 bits per heavy atom. The fourth-order valence-corrected chi connectivity index (χ4v) is 3.99. The number of carbonyl (C=O) groups excluding carboxylic acids is 1. The number of ketones is 1. The molecule has 21 heavy (non-hydrogen) atoms. The van der Waals surface area contributed by atoms with Gasteiger partial charge in [0.15, 0.2) is 0 Å². The normalized spacial score (nSPS) is 21.0. The third-order valence-electron chi connectivity index (χ3n) is 3.46. The molecule has 1 aliphatic rings. The minimum absolute atomic E-state index is 0.149. The van der Waals surface area contributed by atoms with Crippen molar-refractivity contribution in [3.05, 3.63) is 29.8 Å². The molecule has 8 heteroatoms. The number of Topliss-reactive ketones (excluding diaryl/α,β-unsaturated/α-hetero) is 1. The molecule has 0 aliphatic carbocycles. The maximum Gasteiger partial charge on any atom is 0.416 e. The van der Waals surface area contributed by atoms with Crippen LogP contribution in [0.1, 0.15) is 25.3 Å². The molecule has 0 bridgehead atoms. The van der Waals surface area contributed by atoms with Gasteiger partial charge in [0.1, 0.15) is 5.78 Å². The van der Waals surface area contributed by atoms with Gasteiger partial charge in [-0.25, -0.2) is 8.42 Å². The van der Waals surface area contributed by atoms with Crippen LogP contribution in [0.15, 0.2) is 29.2 Å². The molecular weight excluding hydrogens is 307 g/mol. The number of rotatable bonds is 3. The summed E-state index contributed by atoms with van der Waals surface area (Å²) in [4.78, 5) is 11.2. The Bertz CT molecular complexity index is 638. The second kappa shape index (κ2) is 5.42. The molecule has 4 nitrogen and oxygen atoms in total. The first kappa shape index (κ1) is 16.0. The molecule has 0 amide bonds. The summed E-state index contributed by atoms with van der Waals surface area (Å²) >= 11 is 0. The zero-order chi connectivity index (χ0) is 15.8. The lowest BCUT2D eigenvalue weighted by Crippen LogP contribution is -2.35. The van der Waals surface area contributed by atoms with Crippen LogP contribution in [0.3, 0.4) is 0 Å². The van der Waals surface area contributed by atoms with E-state index in [4.69, 9.17) is 0 Å². The van der Waals surface area contributed by atoms with Crippen molar-refractivity contribution < 1.29 is 26.4 Å². The Balaban J connectivity index is 2.34. The van der Waals surface area contributed by atoms with Crippen molar-refractivity contribution in [2.75, 3.05) is 6.54 Å². The SMILES string of the molecule is CC[C@@H]1CC(=O)CN1S(=O)(=O)c1ccc(C(F)(F)F)cc1. The van der Waals surface area contributed by atoms with Gasteiger partial charge in [-0.05, 0) is 30.7 Å². The maximum atomic E-state index is 12.5. The first-order valence-electron chi connectivity index (χ1n) is 6.37. The highest BCUT2D eigenvalue weighted by Gasteiger charge is 2.39. The molecule has 0 saturated carbocycles. The smallest absolute Gasteiger partial charge is 0.298 e. The van der Waals surface area contributed by atoms with Gasteiger partial charge in [-0.2, -0.15) is 17.5 Å². The zero-order valence-corrected chi connectivity index (χ0v) is 12.0. The summed E-state index contributed by atoms with van der Waals surface area (Å²) in [6.07, 6.45) is -3.89. The number of carbonyl (C=O) groups is 1. The number of nitrogens with zero attached hydrogens (tertiary/aromatic N) is 1. The van der Waals surface area contributed by atoms with Crippen molar-refractivity contribution >= 4 is 15.8 Å². The van der Waals surface area contributed by atoms with Crippen LogP contribution in [0.5, 0.6) is 0 Å². The fraction of sp³-hybridized carbons (Fsp3) is 0.462. The molecule has 0 spiro atoms. The van der Waals surface area contributed by atoms with Crippen LogP contribution in [0.25, 0.3) is 0 Å². The lowest BCUT2D eigenvalue weighted by Gasteiger charge is -2.22. The number of halogens is 3. The van der Waals surface area contributed by atoms with Crippen LogP contribution < -0.4 is 0 Å². The Morgan fingerprint density at radius 1 is 1.24 bits per heavy atom. The largest absolute Gasteiger partial charge is 0.416 e. The van der Waals surface area contributed by atoms with Crippen LogP contribution in [0.4, 0.5) is 13.2 Å². The second-order valence-electron chi connectivity index (χ2n) is 4.88.